The van der Waals surface area contributed by atoms with Crippen LogP contribution in [0.1, 0.15) is 0 Å². The van der Waals surface area contributed by atoms with E-state index >= 15 is 0 Å². The smallest absolute Gasteiger partial charge is 0.135 e. The van der Waals surface area contributed by atoms with E-state index in [-0.39, 0.29) is 0 Å². The van der Waals surface area contributed by atoms with Gasteiger partial charge in [0, 0.05) is 10.8 Å². The van der Waals surface area contributed by atoms with Crippen molar-refractivity contribution in [2.45, 2.75) is 0 Å². The second-order valence-corrected chi connectivity index (χ2v) is 14.1. The van der Waals surface area contributed by atoms with Crippen LogP contribution in [0.2, 0.25) is 0 Å². The van der Waals surface area contributed by atoms with Gasteiger partial charge in [0.15, 0.2) is 0 Å². The average molecular weight is 673 g/mol. The minimum Gasteiger partial charge on any atom is -0.456 e. The van der Waals surface area contributed by atoms with Gasteiger partial charge < -0.3 is 4.42 Å². The molecule has 0 radical (unpaired) electrons. The first-order chi connectivity index (χ1) is 26.2. The van der Waals surface area contributed by atoms with Gasteiger partial charge in [-0.1, -0.05) is 152 Å². The highest BCUT2D eigenvalue weighted by atomic mass is 16.3. The quantitative estimate of drug-likeness (QED) is 0.170. The lowest BCUT2D eigenvalue weighted by Gasteiger charge is -2.19. The third kappa shape index (κ3) is 4.86. The molecule has 0 fully saturated rings. The maximum Gasteiger partial charge on any atom is 0.135 e. The highest BCUT2D eigenvalue weighted by Crippen LogP contribution is 2.46. The van der Waals surface area contributed by atoms with Crippen molar-refractivity contribution in [3.63, 3.8) is 0 Å². The third-order valence-electron chi connectivity index (χ3n) is 11.0. The third-order valence-corrected chi connectivity index (χ3v) is 11.0. The fraction of sp³-hybridized carbons (Fsp3) is 0. The van der Waals surface area contributed by atoms with Crippen LogP contribution in [0.4, 0.5) is 0 Å². The highest BCUT2D eigenvalue weighted by molar-refractivity contribution is 6.22. The van der Waals surface area contributed by atoms with Crippen LogP contribution in [0.3, 0.4) is 0 Å². The maximum absolute atomic E-state index is 6.18. The van der Waals surface area contributed by atoms with Crippen molar-refractivity contribution in [3.8, 4) is 44.5 Å². The lowest BCUT2D eigenvalue weighted by Crippen LogP contribution is -1.92. The first-order valence-electron chi connectivity index (χ1n) is 18.2. The summed E-state index contributed by atoms with van der Waals surface area (Å²) >= 11 is 0. The van der Waals surface area contributed by atoms with E-state index in [9.17, 15) is 0 Å². The lowest BCUT2D eigenvalue weighted by molar-refractivity contribution is 0.669. The summed E-state index contributed by atoms with van der Waals surface area (Å²) in [6.45, 7) is 0. The Labute approximate surface area is 307 Å². The van der Waals surface area contributed by atoms with Crippen LogP contribution in [0.5, 0.6) is 0 Å². The van der Waals surface area contributed by atoms with Gasteiger partial charge in [-0.15, -0.1) is 0 Å². The average Bonchev–Trinajstić information content (AvgIpc) is 3.60. The summed E-state index contributed by atoms with van der Waals surface area (Å²) in [4.78, 5) is 0. The van der Waals surface area contributed by atoms with E-state index < -0.39 is 0 Å². The Morgan fingerprint density at radius 2 is 0.679 bits per heavy atom. The van der Waals surface area contributed by atoms with Crippen molar-refractivity contribution in [2.75, 3.05) is 0 Å². The predicted octanol–water partition coefficient (Wildman–Crippen LogP) is 14.9. The Morgan fingerprint density at radius 3 is 1.43 bits per heavy atom. The van der Waals surface area contributed by atoms with E-state index in [0.717, 1.165) is 21.9 Å². The van der Waals surface area contributed by atoms with Gasteiger partial charge in [0.2, 0.25) is 0 Å². The van der Waals surface area contributed by atoms with E-state index in [2.05, 4.69) is 182 Å². The van der Waals surface area contributed by atoms with Crippen LogP contribution in [-0.4, -0.2) is 0 Å². The van der Waals surface area contributed by atoms with Crippen LogP contribution < -0.4 is 0 Å². The van der Waals surface area contributed by atoms with Gasteiger partial charge in [-0.25, -0.2) is 0 Å². The summed E-state index contributed by atoms with van der Waals surface area (Å²) in [6, 6.07) is 70.9. The molecular weight excluding hydrogens is 641 g/mol. The summed E-state index contributed by atoms with van der Waals surface area (Å²) in [5.41, 5.74) is 11.5. The van der Waals surface area contributed by atoms with Crippen LogP contribution in [0.15, 0.2) is 199 Å². The van der Waals surface area contributed by atoms with Crippen LogP contribution in [0, 0.1) is 0 Å². The number of fused-ring (bicyclic) bond motifs is 7. The second kappa shape index (κ2) is 11.8. The number of furan rings is 1. The van der Waals surface area contributed by atoms with E-state index in [4.69, 9.17) is 4.42 Å². The molecule has 246 valence electrons. The highest BCUT2D eigenvalue weighted by Gasteiger charge is 2.19. The zero-order chi connectivity index (χ0) is 34.9. The summed E-state index contributed by atoms with van der Waals surface area (Å²) < 4.78 is 6.18. The largest absolute Gasteiger partial charge is 0.456 e. The number of rotatable bonds is 4. The first-order valence-corrected chi connectivity index (χ1v) is 18.2. The monoisotopic (exact) mass is 672 g/mol. The molecule has 0 aliphatic heterocycles. The van der Waals surface area contributed by atoms with Gasteiger partial charge in [-0.3, -0.25) is 0 Å². The van der Waals surface area contributed by atoms with Crippen molar-refractivity contribution >= 4 is 65.0 Å². The molecule has 0 aliphatic carbocycles. The van der Waals surface area contributed by atoms with Crippen LogP contribution in [0.25, 0.3) is 110 Å². The number of para-hydroxylation sites is 1. The first kappa shape index (κ1) is 29.7. The molecule has 0 spiro atoms. The molecule has 10 aromatic carbocycles. The summed E-state index contributed by atoms with van der Waals surface area (Å²) in [5, 5.41) is 12.3. The molecule has 1 heterocycles. The molecule has 1 nitrogen and oxygen atoms in total. The minimum absolute atomic E-state index is 0.911. The predicted molar refractivity (Wildman–Crippen MR) is 225 cm³/mol. The second-order valence-electron chi connectivity index (χ2n) is 14.1. The molecule has 11 rings (SSSR count). The van der Waals surface area contributed by atoms with Crippen molar-refractivity contribution in [1.82, 2.24) is 0 Å². The maximum atomic E-state index is 6.18. The molecule has 0 aliphatic rings. The van der Waals surface area contributed by atoms with E-state index in [1.807, 2.05) is 12.1 Å². The van der Waals surface area contributed by atoms with Gasteiger partial charge in [0.05, 0.1) is 0 Å². The summed E-state index contributed by atoms with van der Waals surface area (Å²) in [5.74, 6) is 0. The van der Waals surface area contributed by atoms with Crippen molar-refractivity contribution in [2.24, 2.45) is 0 Å². The molecule has 0 amide bonds. The zero-order valence-electron chi connectivity index (χ0n) is 28.9. The fourth-order valence-corrected chi connectivity index (χ4v) is 8.45. The molecule has 0 atom stereocenters. The van der Waals surface area contributed by atoms with Gasteiger partial charge in [0.1, 0.15) is 11.2 Å². The molecule has 0 unspecified atom stereocenters. The number of hydrogen-bond acceptors (Lipinski definition) is 1. The Hall–Kier alpha value is -6.96. The number of hydrogen-bond donors (Lipinski definition) is 0. The van der Waals surface area contributed by atoms with E-state index in [1.165, 1.54) is 87.6 Å². The van der Waals surface area contributed by atoms with Gasteiger partial charge in [-0.2, -0.15) is 0 Å². The van der Waals surface area contributed by atoms with Crippen LogP contribution >= 0.6 is 0 Å². The van der Waals surface area contributed by atoms with Crippen molar-refractivity contribution < 1.29 is 4.42 Å². The standard InChI is InChI=1S/C52H32O/c1-3-12-35-28-38(22-20-33(35)10-1)39-24-26-46-48(32-39)52(45-18-6-5-17-44(45)51(46)42-23-21-34-11-2-4-13-36(34)29-42)41-15-9-14-37(30-41)40-25-27-50-47(31-40)43-16-7-8-19-49(43)53-50/h1-32H. The Morgan fingerprint density at radius 1 is 0.226 bits per heavy atom. The summed E-state index contributed by atoms with van der Waals surface area (Å²) in [6.07, 6.45) is 0. The lowest BCUT2D eigenvalue weighted by atomic mass is 9.84. The molecule has 0 saturated heterocycles. The minimum atomic E-state index is 0.911. The fourth-order valence-electron chi connectivity index (χ4n) is 8.45. The molecule has 0 bridgehead atoms. The molecular formula is C52H32O. The molecule has 53 heavy (non-hydrogen) atoms. The van der Waals surface area contributed by atoms with Gasteiger partial charge >= 0.3 is 0 Å². The van der Waals surface area contributed by atoms with Crippen molar-refractivity contribution in [1.29, 1.82) is 0 Å². The van der Waals surface area contributed by atoms with Gasteiger partial charge in [0.25, 0.3) is 0 Å². The summed E-state index contributed by atoms with van der Waals surface area (Å²) in [7, 11) is 0. The van der Waals surface area contributed by atoms with Crippen LogP contribution in [-0.2, 0) is 0 Å². The molecule has 0 saturated carbocycles. The molecule has 1 heteroatoms. The SMILES string of the molecule is c1cc(-c2ccc3oc4ccccc4c3c2)cc(-c2c3ccccc3c(-c3ccc4ccccc4c3)c3ccc(-c4ccc5ccccc5c4)cc23)c1. The molecule has 0 N–H and O–H groups in total. The molecule has 11 aromatic rings. The Balaban J connectivity index is 1.18. The normalized spacial score (nSPS) is 11.8. The van der Waals surface area contributed by atoms with E-state index in [0.29, 0.717) is 0 Å². The topological polar surface area (TPSA) is 13.1 Å². The Bertz CT molecular complexity index is 3230. The van der Waals surface area contributed by atoms with E-state index in [1.54, 1.807) is 0 Å². The van der Waals surface area contributed by atoms with Gasteiger partial charge in [-0.05, 0) is 130 Å². The zero-order valence-corrected chi connectivity index (χ0v) is 28.9. The van der Waals surface area contributed by atoms with Crippen molar-refractivity contribution in [3.05, 3.63) is 194 Å². The Kier molecular flexibility index (Phi) is 6.62. The number of benzene rings is 10. The molecule has 1 aromatic heterocycles.